The molecule has 0 aliphatic rings. The predicted octanol–water partition coefficient (Wildman–Crippen LogP) is 1.91. The van der Waals surface area contributed by atoms with E-state index in [0.717, 1.165) is 24.6 Å². The Hall–Kier alpha value is -1.97. The molecule has 0 fully saturated rings. The van der Waals surface area contributed by atoms with Gasteiger partial charge in [-0.2, -0.15) is 0 Å². The molecule has 2 rings (SSSR count). The first-order valence-corrected chi connectivity index (χ1v) is 5.71. The van der Waals surface area contributed by atoms with Crippen LogP contribution in [0.5, 0.6) is 0 Å². The second-order valence-electron chi connectivity index (χ2n) is 4.18. The van der Waals surface area contributed by atoms with Crippen LogP contribution in [0, 0.1) is 6.92 Å². The standard InChI is InChI=1S/C13H18N4/c1-11-15-7-8-17(11)10-9-16(2)13-5-3-12(14)4-6-13/h3-8H,9-10,14H2,1-2H3. The summed E-state index contributed by atoms with van der Waals surface area (Å²) < 4.78 is 2.15. The smallest absolute Gasteiger partial charge is 0.105 e. The van der Waals surface area contributed by atoms with Crippen molar-refractivity contribution < 1.29 is 0 Å². The van der Waals surface area contributed by atoms with Crippen molar-refractivity contribution in [1.29, 1.82) is 0 Å². The molecule has 4 heteroatoms. The van der Waals surface area contributed by atoms with Crippen molar-refractivity contribution in [2.45, 2.75) is 13.5 Å². The molecule has 0 bridgehead atoms. The SMILES string of the molecule is Cc1nccn1CCN(C)c1ccc(N)cc1. The van der Waals surface area contributed by atoms with Gasteiger partial charge < -0.3 is 15.2 Å². The summed E-state index contributed by atoms with van der Waals surface area (Å²) in [6.07, 6.45) is 3.84. The number of nitrogens with two attached hydrogens (primary N) is 1. The number of hydrogen-bond donors (Lipinski definition) is 1. The lowest BCUT2D eigenvalue weighted by molar-refractivity contribution is 0.664. The predicted molar refractivity (Wildman–Crippen MR) is 71.1 cm³/mol. The van der Waals surface area contributed by atoms with Gasteiger partial charge in [0.05, 0.1) is 0 Å². The Morgan fingerprint density at radius 3 is 2.59 bits per heavy atom. The molecule has 17 heavy (non-hydrogen) atoms. The second-order valence-corrected chi connectivity index (χ2v) is 4.18. The summed E-state index contributed by atoms with van der Waals surface area (Å²) in [5, 5.41) is 0. The van der Waals surface area contributed by atoms with Gasteiger partial charge in [-0.25, -0.2) is 4.98 Å². The van der Waals surface area contributed by atoms with E-state index < -0.39 is 0 Å². The zero-order valence-corrected chi connectivity index (χ0v) is 10.3. The average Bonchev–Trinajstić information content (AvgIpc) is 2.73. The molecular weight excluding hydrogens is 212 g/mol. The number of likely N-dealkylation sites (N-methyl/N-ethyl adjacent to an activating group) is 1. The molecule has 0 unspecified atom stereocenters. The van der Waals surface area contributed by atoms with Gasteiger partial charge in [0.1, 0.15) is 5.82 Å². The van der Waals surface area contributed by atoms with Gasteiger partial charge in [-0.3, -0.25) is 0 Å². The van der Waals surface area contributed by atoms with Crippen molar-refractivity contribution in [3.63, 3.8) is 0 Å². The Bertz CT molecular complexity index is 472. The molecule has 2 aromatic rings. The van der Waals surface area contributed by atoms with E-state index in [1.165, 1.54) is 5.69 Å². The van der Waals surface area contributed by atoms with E-state index in [2.05, 4.69) is 21.5 Å². The molecule has 4 nitrogen and oxygen atoms in total. The number of imidazole rings is 1. The minimum Gasteiger partial charge on any atom is -0.399 e. The molecule has 0 aliphatic heterocycles. The van der Waals surface area contributed by atoms with Crippen LogP contribution in [0.4, 0.5) is 11.4 Å². The second kappa shape index (κ2) is 4.91. The summed E-state index contributed by atoms with van der Waals surface area (Å²) in [7, 11) is 2.08. The molecule has 1 aromatic carbocycles. The maximum atomic E-state index is 5.67. The third-order valence-electron chi connectivity index (χ3n) is 2.93. The van der Waals surface area contributed by atoms with E-state index in [4.69, 9.17) is 5.73 Å². The largest absolute Gasteiger partial charge is 0.399 e. The van der Waals surface area contributed by atoms with Crippen molar-refractivity contribution in [3.8, 4) is 0 Å². The highest BCUT2D eigenvalue weighted by molar-refractivity contribution is 5.52. The van der Waals surface area contributed by atoms with E-state index in [-0.39, 0.29) is 0 Å². The highest BCUT2D eigenvalue weighted by Gasteiger charge is 2.02. The Labute approximate surface area is 102 Å². The molecule has 1 heterocycles. The van der Waals surface area contributed by atoms with Gasteiger partial charge >= 0.3 is 0 Å². The van der Waals surface area contributed by atoms with Crippen LogP contribution in [0.3, 0.4) is 0 Å². The maximum absolute atomic E-state index is 5.67. The van der Waals surface area contributed by atoms with Crippen LogP contribution in [-0.4, -0.2) is 23.1 Å². The van der Waals surface area contributed by atoms with E-state index in [9.17, 15) is 0 Å². The van der Waals surface area contributed by atoms with Crippen molar-refractivity contribution >= 4 is 11.4 Å². The molecule has 0 aliphatic carbocycles. The monoisotopic (exact) mass is 230 g/mol. The third kappa shape index (κ3) is 2.78. The van der Waals surface area contributed by atoms with E-state index >= 15 is 0 Å². The molecule has 0 saturated carbocycles. The molecule has 1 aromatic heterocycles. The third-order valence-corrected chi connectivity index (χ3v) is 2.93. The van der Waals surface area contributed by atoms with Crippen molar-refractivity contribution in [1.82, 2.24) is 9.55 Å². The zero-order valence-electron chi connectivity index (χ0n) is 10.3. The number of hydrogen-bond acceptors (Lipinski definition) is 3. The molecule has 0 spiro atoms. The van der Waals surface area contributed by atoms with E-state index in [1.807, 2.05) is 43.6 Å². The van der Waals surface area contributed by atoms with Gasteiger partial charge in [-0.1, -0.05) is 0 Å². The fraction of sp³-hybridized carbons (Fsp3) is 0.308. The Balaban J connectivity index is 1.95. The normalized spacial score (nSPS) is 10.5. The van der Waals surface area contributed by atoms with Gasteiger partial charge in [-0.05, 0) is 31.2 Å². The lowest BCUT2D eigenvalue weighted by atomic mass is 10.2. The minimum atomic E-state index is 0.799. The number of benzene rings is 1. The lowest BCUT2D eigenvalue weighted by Crippen LogP contribution is -2.22. The van der Waals surface area contributed by atoms with Crippen molar-refractivity contribution in [3.05, 3.63) is 42.5 Å². The van der Waals surface area contributed by atoms with Gasteiger partial charge in [0.25, 0.3) is 0 Å². The molecule has 0 amide bonds. The maximum Gasteiger partial charge on any atom is 0.105 e. The number of nitrogen functional groups attached to an aromatic ring is 1. The molecule has 90 valence electrons. The first-order valence-electron chi connectivity index (χ1n) is 5.71. The summed E-state index contributed by atoms with van der Waals surface area (Å²) in [6.45, 7) is 3.90. The number of aryl methyl sites for hydroxylation is 1. The number of rotatable bonds is 4. The number of aromatic nitrogens is 2. The summed E-state index contributed by atoms with van der Waals surface area (Å²) in [4.78, 5) is 6.41. The van der Waals surface area contributed by atoms with Crippen LogP contribution in [0.25, 0.3) is 0 Å². The summed E-state index contributed by atoms with van der Waals surface area (Å²) in [6, 6.07) is 7.93. The molecule has 0 atom stereocenters. The highest BCUT2D eigenvalue weighted by Crippen LogP contribution is 2.14. The summed E-state index contributed by atoms with van der Waals surface area (Å²) in [5.41, 5.74) is 7.64. The van der Waals surface area contributed by atoms with Gasteiger partial charge in [0, 0.05) is 43.9 Å². The first-order chi connectivity index (χ1) is 8.16. The quantitative estimate of drug-likeness (QED) is 0.816. The van der Waals surface area contributed by atoms with Crippen LogP contribution in [0.15, 0.2) is 36.7 Å². The number of nitrogens with zero attached hydrogens (tertiary/aromatic N) is 3. The van der Waals surface area contributed by atoms with Crippen LogP contribution in [0.1, 0.15) is 5.82 Å². The molecular formula is C13H18N4. The summed E-state index contributed by atoms with van der Waals surface area (Å²) in [5.74, 6) is 1.05. The van der Waals surface area contributed by atoms with Crippen LogP contribution < -0.4 is 10.6 Å². The van der Waals surface area contributed by atoms with Gasteiger partial charge in [0.2, 0.25) is 0 Å². The van der Waals surface area contributed by atoms with Crippen molar-refractivity contribution in [2.75, 3.05) is 24.2 Å². The van der Waals surface area contributed by atoms with Crippen LogP contribution in [0.2, 0.25) is 0 Å². The molecule has 0 saturated heterocycles. The summed E-state index contributed by atoms with van der Waals surface area (Å²) >= 11 is 0. The molecule has 0 radical (unpaired) electrons. The fourth-order valence-corrected chi connectivity index (χ4v) is 1.76. The van der Waals surface area contributed by atoms with Crippen molar-refractivity contribution in [2.24, 2.45) is 0 Å². The lowest BCUT2D eigenvalue weighted by Gasteiger charge is -2.20. The Morgan fingerprint density at radius 2 is 2.00 bits per heavy atom. The molecule has 2 N–H and O–H groups in total. The van der Waals surface area contributed by atoms with Gasteiger partial charge in [0.15, 0.2) is 0 Å². The number of anilines is 2. The van der Waals surface area contributed by atoms with Crippen LogP contribution in [-0.2, 0) is 6.54 Å². The highest BCUT2D eigenvalue weighted by atomic mass is 15.1. The van der Waals surface area contributed by atoms with E-state index in [1.54, 1.807) is 0 Å². The minimum absolute atomic E-state index is 0.799. The average molecular weight is 230 g/mol. The van der Waals surface area contributed by atoms with Crippen LogP contribution >= 0.6 is 0 Å². The Kier molecular flexibility index (Phi) is 3.32. The topological polar surface area (TPSA) is 47.1 Å². The zero-order chi connectivity index (χ0) is 12.3. The Morgan fingerprint density at radius 1 is 1.29 bits per heavy atom. The van der Waals surface area contributed by atoms with E-state index in [0.29, 0.717) is 0 Å². The first kappa shape index (κ1) is 11.5. The fourth-order valence-electron chi connectivity index (χ4n) is 1.76. The van der Waals surface area contributed by atoms with Gasteiger partial charge in [-0.15, -0.1) is 0 Å².